The number of hydrogen-bond donors (Lipinski definition) is 1. The van der Waals surface area contributed by atoms with Gasteiger partial charge in [0.15, 0.2) is 11.5 Å². The van der Waals surface area contributed by atoms with E-state index < -0.39 is 23.5 Å². The van der Waals surface area contributed by atoms with Gasteiger partial charge in [0.25, 0.3) is 5.91 Å². The molecule has 1 unspecified atom stereocenters. The van der Waals surface area contributed by atoms with Crippen LogP contribution in [0, 0.1) is 0 Å². The Kier molecular flexibility index (Phi) is 4.64. The molecule has 0 saturated carbocycles. The number of benzene rings is 2. The lowest BCUT2D eigenvalue weighted by Gasteiger charge is -2.25. The number of carbonyl (C=O) groups is 2. The van der Waals surface area contributed by atoms with Crippen molar-refractivity contribution in [2.75, 3.05) is 0 Å². The van der Waals surface area contributed by atoms with Crippen LogP contribution in [-0.2, 0) is 11.3 Å². The van der Waals surface area contributed by atoms with Crippen LogP contribution in [0.5, 0.6) is 0 Å². The molecule has 0 spiro atoms. The Balaban J connectivity index is 1.61. The van der Waals surface area contributed by atoms with Crippen LogP contribution >= 0.6 is 11.6 Å². The Morgan fingerprint density at radius 2 is 1.84 bits per heavy atom. The third-order valence-electron chi connectivity index (χ3n) is 5.29. The zero-order valence-electron chi connectivity index (χ0n) is 16.1. The molecule has 1 atom stereocenters. The van der Waals surface area contributed by atoms with E-state index >= 15 is 0 Å². The number of furan rings is 2. The Bertz CT molecular complexity index is 1280. The summed E-state index contributed by atoms with van der Waals surface area (Å²) in [4.78, 5) is 27.8. The lowest BCUT2D eigenvalue weighted by atomic mass is 9.95. The summed E-state index contributed by atoms with van der Waals surface area (Å²) in [5.41, 5.74) is 1.14. The molecule has 4 aromatic rings. The highest BCUT2D eigenvalue weighted by Gasteiger charge is 2.44. The predicted molar refractivity (Wildman–Crippen MR) is 114 cm³/mol. The third kappa shape index (κ3) is 3.31. The van der Waals surface area contributed by atoms with Gasteiger partial charge in [-0.2, -0.15) is 0 Å². The van der Waals surface area contributed by atoms with Crippen LogP contribution in [0.2, 0.25) is 5.02 Å². The van der Waals surface area contributed by atoms with Crippen molar-refractivity contribution in [3.63, 3.8) is 0 Å². The monoisotopic (exact) mass is 433 g/mol. The number of rotatable bonds is 5. The number of fused-ring (bicyclic) bond motifs is 1. The maximum absolute atomic E-state index is 13.4. The van der Waals surface area contributed by atoms with Gasteiger partial charge in [-0.05, 0) is 42.0 Å². The normalized spacial score (nSPS) is 16.5. The molecule has 2 aromatic carbocycles. The predicted octanol–water partition coefficient (Wildman–Crippen LogP) is 5.46. The van der Waals surface area contributed by atoms with Crippen molar-refractivity contribution >= 4 is 34.3 Å². The van der Waals surface area contributed by atoms with Crippen LogP contribution in [-0.4, -0.2) is 21.7 Å². The van der Waals surface area contributed by atoms with Crippen molar-refractivity contribution in [1.82, 2.24) is 4.90 Å². The first-order chi connectivity index (χ1) is 15.0. The number of para-hydroxylation sites is 1. The fraction of sp³-hybridized carbons (Fsp3) is 0.0833. The molecule has 1 aliphatic rings. The first-order valence-electron chi connectivity index (χ1n) is 9.58. The summed E-state index contributed by atoms with van der Waals surface area (Å²) in [6.45, 7) is 0.0834. The number of carbonyl (C=O) groups excluding carboxylic acids is 2. The molecule has 3 heterocycles. The molecule has 154 valence electrons. The van der Waals surface area contributed by atoms with Gasteiger partial charge in [0.05, 0.1) is 24.4 Å². The number of nitrogens with zero attached hydrogens (tertiary/aromatic N) is 1. The minimum absolute atomic E-state index is 0.0436. The number of Topliss-reactive ketones (excluding diaryl/α,β-unsaturated/α-hetero) is 1. The second kappa shape index (κ2) is 7.49. The summed E-state index contributed by atoms with van der Waals surface area (Å²) < 4.78 is 11.1. The Hall–Kier alpha value is -3.77. The van der Waals surface area contributed by atoms with E-state index in [9.17, 15) is 14.7 Å². The molecular formula is C24H16ClNO5. The van der Waals surface area contributed by atoms with Crippen molar-refractivity contribution in [3.05, 3.63) is 106 Å². The lowest BCUT2D eigenvalue weighted by Crippen LogP contribution is -2.30. The zero-order valence-corrected chi connectivity index (χ0v) is 16.9. The Morgan fingerprint density at radius 1 is 1.06 bits per heavy atom. The molecule has 0 radical (unpaired) electrons. The molecule has 0 saturated heterocycles. The van der Waals surface area contributed by atoms with Crippen molar-refractivity contribution in [2.45, 2.75) is 12.6 Å². The van der Waals surface area contributed by atoms with E-state index in [1.807, 2.05) is 12.1 Å². The average Bonchev–Trinajstić information content (AvgIpc) is 3.49. The summed E-state index contributed by atoms with van der Waals surface area (Å²) in [6, 6.07) is 18.2. The van der Waals surface area contributed by atoms with Gasteiger partial charge in [-0.3, -0.25) is 9.59 Å². The molecule has 7 heteroatoms. The molecule has 0 aliphatic carbocycles. The van der Waals surface area contributed by atoms with Crippen molar-refractivity contribution in [1.29, 1.82) is 0 Å². The SMILES string of the molecule is O=C(C1=C(O)C(=O)N(Cc2ccco2)C1c1ccc(Cl)cc1)c1cc2ccccc2o1. The molecule has 0 bridgehead atoms. The van der Waals surface area contributed by atoms with Crippen molar-refractivity contribution < 1.29 is 23.5 Å². The smallest absolute Gasteiger partial charge is 0.290 e. The number of halogens is 1. The molecule has 5 rings (SSSR count). The quantitative estimate of drug-likeness (QED) is 0.422. The fourth-order valence-electron chi connectivity index (χ4n) is 3.84. The summed E-state index contributed by atoms with van der Waals surface area (Å²) in [6.07, 6.45) is 1.50. The first-order valence-corrected chi connectivity index (χ1v) is 9.96. The van der Waals surface area contributed by atoms with Crippen LogP contribution in [0.4, 0.5) is 0 Å². The van der Waals surface area contributed by atoms with E-state index in [4.69, 9.17) is 20.4 Å². The highest BCUT2D eigenvalue weighted by Crippen LogP contribution is 2.40. The highest BCUT2D eigenvalue weighted by molar-refractivity contribution is 6.30. The Labute approximate surface area is 181 Å². The average molecular weight is 434 g/mol. The summed E-state index contributed by atoms with van der Waals surface area (Å²) >= 11 is 6.03. The Morgan fingerprint density at radius 3 is 2.55 bits per heavy atom. The fourth-order valence-corrected chi connectivity index (χ4v) is 3.96. The molecule has 1 amide bonds. The van der Waals surface area contributed by atoms with E-state index in [1.54, 1.807) is 54.6 Å². The van der Waals surface area contributed by atoms with Gasteiger partial charge in [0.1, 0.15) is 11.3 Å². The van der Waals surface area contributed by atoms with E-state index in [0.29, 0.717) is 21.9 Å². The van der Waals surface area contributed by atoms with Gasteiger partial charge in [0.2, 0.25) is 5.78 Å². The van der Waals surface area contributed by atoms with Crippen LogP contribution in [0.25, 0.3) is 11.0 Å². The van der Waals surface area contributed by atoms with Gasteiger partial charge >= 0.3 is 0 Å². The maximum atomic E-state index is 13.4. The number of hydrogen-bond acceptors (Lipinski definition) is 5. The van der Waals surface area contributed by atoms with Crippen molar-refractivity contribution in [3.8, 4) is 0 Å². The number of amides is 1. The highest BCUT2D eigenvalue weighted by atomic mass is 35.5. The van der Waals surface area contributed by atoms with E-state index in [1.165, 1.54) is 11.2 Å². The topological polar surface area (TPSA) is 83.9 Å². The van der Waals surface area contributed by atoms with Crippen LogP contribution in [0.1, 0.15) is 27.9 Å². The van der Waals surface area contributed by atoms with Crippen LogP contribution < -0.4 is 0 Å². The van der Waals surface area contributed by atoms with E-state index in [-0.39, 0.29) is 17.9 Å². The van der Waals surface area contributed by atoms with Crippen LogP contribution in [0.3, 0.4) is 0 Å². The van der Waals surface area contributed by atoms with E-state index in [0.717, 1.165) is 5.39 Å². The van der Waals surface area contributed by atoms with Gasteiger partial charge in [-0.15, -0.1) is 0 Å². The molecule has 31 heavy (non-hydrogen) atoms. The first kappa shape index (κ1) is 19.2. The van der Waals surface area contributed by atoms with Gasteiger partial charge in [-0.25, -0.2) is 0 Å². The largest absolute Gasteiger partial charge is 0.503 e. The second-order valence-electron chi connectivity index (χ2n) is 7.21. The minimum atomic E-state index is -0.824. The summed E-state index contributed by atoms with van der Waals surface area (Å²) in [5.74, 6) is -1.23. The third-order valence-corrected chi connectivity index (χ3v) is 5.54. The zero-order chi connectivity index (χ0) is 21.5. The molecule has 0 fully saturated rings. The number of aliphatic hydroxyl groups excluding tert-OH is 1. The van der Waals surface area contributed by atoms with Gasteiger partial charge < -0.3 is 18.8 Å². The number of aliphatic hydroxyl groups is 1. The van der Waals surface area contributed by atoms with Gasteiger partial charge in [-0.1, -0.05) is 41.9 Å². The standard InChI is InChI=1S/C24H16ClNO5/c25-16-9-7-14(8-10-16)21-20(22(27)19-12-15-4-1-2-6-18(15)31-19)23(28)24(29)26(21)13-17-5-3-11-30-17/h1-12,21,28H,13H2. The maximum Gasteiger partial charge on any atom is 0.290 e. The van der Waals surface area contributed by atoms with E-state index in [2.05, 4.69) is 0 Å². The molecular weight excluding hydrogens is 418 g/mol. The molecule has 1 N–H and O–H groups in total. The molecule has 6 nitrogen and oxygen atoms in total. The lowest BCUT2D eigenvalue weighted by molar-refractivity contribution is -0.130. The van der Waals surface area contributed by atoms with Crippen molar-refractivity contribution in [2.24, 2.45) is 0 Å². The minimum Gasteiger partial charge on any atom is -0.503 e. The summed E-state index contributed by atoms with van der Waals surface area (Å²) in [5, 5.41) is 12.0. The van der Waals surface area contributed by atoms with Crippen LogP contribution in [0.15, 0.2) is 93.2 Å². The second-order valence-corrected chi connectivity index (χ2v) is 7.64. The summed E-state index contributed by atoms with van der Waals surface area (Å²) in [7, 11) is 0. The molecule has 1 aliphatic heterocycles. The number of ketones is 1. The van der Waals surface area contributed by atoms with Gasteiger partial charge in [0, 0.05) is 10.4 Å². The molecule has 2 aromatic heterocycles.